The number of methoxy groups -OCH3 is 2. The molecule has 2 bridgehead atoms. The molecule has 2 aromatic heterocycles. The summed E-state index contributed by atoms with van der Waals surface area (Å²) in [5, 5.41) is 27.6. The molecule has 0 spiro atoms. The second kappa shape index (κ2) is 7.05. The number of aromatic amines is 1. The molecule has 31 heavy (non-hydrogen) atoms. The lowest BCUT2D eigenvalue weighted by Gasteiger charge is -2.33. The Morgan fingerprint density at radius 1 is 0.903 bits per heavy atom. The van der Waals surface area contributed by atoms with Crippen LogP contribution >= 0.6 is 0 Å². The molecule has 5 rings (SSSR count). The molecule has 0 radical (unpaired) electrons. The zero-order valence-corrected chi connectivity index (χ0v) is 17.1. The second-order valence-corrected chi connectivity index (χ2v) is 7.55. The van der Waals surface area contributed by atoms with Gasteiger partial charge in [-0.05, 0) is 59.0 Å². The molecule has 2 aromatic carbocycles. The third kappa shape index (κ3) is 2.81. The number of H-pyrrole nitrogens is 1. The van der Waals surface area contributed by atoms with Crippen molar-refractivity contribution >= 4 is 0 Å². The maximum Gasteiger partial charge on any atom is 0.160 e. The van der Waals surface area contributed by atoms with E-state index >= 15 is 0 Å². The standard InChI is InChI=1S/C24H21N3O4/c1-30-21-10-15(3-5-19(21)28)24(16-4-6-20(29)22(11-16)31-2)12-14-9-17(24)23(25-13-14)18-7-8-26-27-18/h3-11,13,28-29H,12H2,1-2H3,(H,26,27). The van der Waals surface area contributed by atoms with Crippen LogP contribution in [0, 0.1) is 0 Å². The molecular formula is C24H21N3O4. The summed E-state index contributed by atoms with van der Waals surface area (Å²) in [6, 6.07) is 14.8. The van der Waals surface area contributed by atoms with Crippen molar-refractivity contribution in [3.8, 4) is 34.4 Å². The fraction of sp³-hybridized carbons (Fsp3) is 0.167. The highest BCUT2D eigenvalue weighted by Gasteiger charge is 2.44. The molecule has 0 saturated heterocycles. The van der Waals surface area contributed by atoms with Crippen LogP contribution in [0.4, 0.5) is 0 Å². The Morgan fingerprint density at radius 3 is 2.10 bits per heavy atom. The van der Waals surface area contributed by atoms with Crippen LogP contribution in [-0.4, -0.2) is 39.6 Å². The highest BCUT2D eigenvalue weighted by Crippen LogP contribution is 2.51. The summed E-state index contributed by atoms with van der Waals surface area (Å²) in [4.78, 5) is 4.71. The lowest BCUT2D eigenvalue weighted by Crippen LogP contribution is -2.29. The van der Waals surface area contributed by atoms with Gasteiger partial charge >= 0.3 is 0 Å². The predicted octanol–water partition coefficient (Wildman–Crippen LogP) is 3.79. The minimum atomic E-state index is -0.637. The molecule has 1 aliphatic rings. The van der Waals surface area contributed by atoms with E-state index in [2.05, 4.69) is 16.3 Å². The van der Waals surface area contributed by atoms with E-state index in [4.69, 9.17) is 14.5 Å². The van der Waals surface area contributed by atoms with Crippen LogP contribution < -0.4 is 9.47 Å². The molecule has 1 aliphatic carbocycles. The summed E-state index contributed by atoms with van der Waals surface area (Å²) in [7, 11) is 3.06. The molecule has 7 heteroatoms. The van der Waals surface area contributed by atoms with E-state index in [0.717, 1.165) is 33.6 Å². The topological polar surface area (TPSA) is 100 Å². The van der Waals surface area contributed by atoms with Gasteiger partial charge in [-0.15, -0.1) is 0 Å². The first-order valence-corrected chi connectivity index (χ1v) is 9.81. The van der Waals surface area contributed by atoms with Gasteiger partial charge in [0.05, 0.1) is 25.3 Å². The third-order valence-electron chi connectivity index (χ3n) is 5.96. The van der Waals surface area contributed by atoms with E-state index in [1.807, 2.05) is 36.5 Å². The second-order valence-electron chi connectivity index (χ2n) is 7.55. The number of phenolic OH excluding ortho intramolecular Hbond substituents is 2. The van der Waals surface area contributed by atoms with Crippen LogP contribution in [-0.2, 0) is 11.8 Å². The van der Waals surface area contributed by atoms with Crippen molar-refractivity contribution in [1.82, 2.24) is 15.2 Å². The Bertz CT molecular complexity index is 1210. The number of hydrogen-bond donors (Lipinski definition) is 3. The van der Waals surface area contributed by atoms with Gasteiger partial charge in [-0.25, -0.2) is 0 Å². The van der Waals surface area contributed by atoms with Crippen molar-refractivity contribution in [3.05, 3.63) is 83.2 Å². The Labute approximate surface area is 178 Å². The minimum absolute atomic E-state index is 0.0695. The summed E-state index contributed by atoms with van der Waals surface area (Å²) in [6.07, 6.45) is 4.29. The summed E-state index contributed by atoms with van der Waals surface area (Å²) in [5.41, 5.74) is 4.78. The van der Waals surface area contributed by atoms with Crippen molar-refractivity contribution in [2.24, 2.45) is 0 Å². The van der Waals surface area contributed by atoms with Crippen LogP contribution in [0.5, 0.6) is 23.0 Å². The van der Waals surface area contributed by atoms with Crippen molar-refractivity contribution in [3.63, 3.8) is 0 Å². The van der Waals surface area contributed by atoms with Crippen LogP contribution in [0.3, 0.4) is 0 Å². The van der Waals surface area contributed by atoms with Gasteiger partial charge in [-0.3, -0.25) is 10.1 Å². The molecule has 0 fully saturated rings. The van der Waals surface area contributed by atoms with Crippen molar-refractivity contribution in [2.75, 3.05) is 14.2 Å². The Morgan fingerprint density at radius 2 is 1.55 bits per heavy atom. The van der Waals surface area contributed by atoms with Crippen molar-refractivity contribution in [1.29, 1.82) is 0 Å². The van der Waals surface area contributed by atoms with E-state index in [0.29, 0.717) is 17.9 Å². The lowest BCUT2D eigenvalue weighted by molar-refractivity contribution is 0.370. The number of nitrogens with one attached hydrogen (secondary N) is 1. The number of benzene rings is 2. The SMILES string of the molecule is COc1cc(C2(c3ccc(O)c(OC)c3)Cc3cnc(-c4cc[nH]n4)c2c3)ccc1O. The Hall–Kier alpha value is -4.00. The van der Waals surface area contributed by atoms with Gasteiger partial charge in [0.25, 0.3) is 0 Å². The zero-order chi connectivity index (χ0) is 21.6. The monoisotopic (exact) mass is 415 g/mol. The molecule has 2 heterocycles. The van der Waals surface area contributed by atoms with Crippen molar-refractivity contribution in [2.45, 2.75) is 11.8 Å². The number of aromatic nitrogens is 3. The number of aromatic hydroxyl groups is 2. The van der Waals surface area contributed by atoms with E-state index in [1.165, 1.54) is 14.2 Å². The summed E-state index contributed by atoms with van der Waals surface area (Å²) in [6.45, 7) is 0. The molecule has 0 unspecified atom stereocenters. The maximum absolute atomic E-state index is 10.2. The first-order chi connectivity index (χ1) is 15.1. The lowest BCUT2D eigenvalue weighted by atomic mass is 9.69. The first-order valence-electron chi connectivity index (χ1n) is 9.81. The Balaban J connectivity index is 1.83. The van der Waals surface area contributed by atoms with Crippen LogP contribution in [0.2, 0.25) is 0 Å². The maximum atomic E-state index is 10.2. The van der Waals surface area contributed by atoms with Gasteiger partial charge in [-0.2, -0.15) is 5.10 Å². The number of pyridine rings is 1. The van der Waals surface area contributed by atoms with Gasteiger partial charge < -0.3 is 19.7 Å². The van der Waals surface area contributed by atoms with Gasteiger partial charge in [0, 0.05) is 12.4 Å². The molecule has 7 nitrogen and oxygen atoms in total. The van der Waals surface area contributed by atoms with Gasteiger partial charge in [-0.1, -0.05) is 18.2 Å². The average Bonchev–Trinajstić information content (AvgIpc) is 3.42. The smallest absolute Gasteiger partial charge is 0.160 e. The van der Waals surface area contributed by atoms with Gasteiger partial charge in [0.1, 0.15) is 5.69 Å². The van der Waals surface area contributed by atoms with Gasteiger partial charge in [0.15, 0.2) is 23.0 Å². The molecule has 4 aromatic rings. The fourth-order valence-electron chi connectivity index (χ4n) is 4.50. The fourth-order valence-corrected chi connectivity index (χ4v) is 4.50. The number of nitrogens with zero attached hydrogens (tertiary/aromatic N) is 2. The van der Waals surface area contributed by atoms with E-state index in [9.17, 15) is 10.2 Å². The van der Waals surface area contributed by atoms with Gasteiger partial charge in [0.2, 0.25) is 0 Å². The quantitative estimate of drug-likeness (QED) is 0.459. The minimum Gasteiger partial charge on any atom is -0.504 e. The van der Waals surface area contributed by atoms with E-state index < -0.39 is 5.41 Å². The number of hydrogen-bond acceptors (Lipinski definition) is 6. The largest absolute Gasteiger partial charge is 0.504 e. The number of ether oxygens (including phenoxy) is 2. The summed E-state index contributed by atoms with van der Waals surface area (Å²) >= 11 is 0. The summed E-state index contributed by atoms with van der Waals surface area (Å²) < 4.78 is 10.8. The molecule has 0 saturated carbocycles. The van der Waals surface area contributed by atoms with Crippen LogP contribution in [0.1, 0.15) is 22.3 Å². The third-order valence-corrected chi connectivity index (χ3v) is 5.96. The van der Waals surface area contributed by atoms with Crippen LogP contribution in [0.25, 0.3) is 11.4 Å². The number of phenols is 2. The van der Waals surface area contributed by atoms with Crippen LogP contribution in [0.15, 0.2) is 60.9 Å². The highest BCUT2D eigenvalue weighted by atomic mass is 16.5. The molecule has 3 N–H and O–H groups in total. The molecule has 0 atom stereocenters. The van der Waals surface area contributed by atoms with E-state index in [1.54, 1.807) is 18.3 Å². The molecular weight excluding hydrogens is 394 g/mol. The molecule has 0 amide bonds. The number of fused-ring (bicyclic) bond motifs is 2. The first kappa shape index (κ1) is 19.0. The zero-order valence-electron chi connectivity index (χ0n) is 17.1. The predicted molar refractivity (Wildman–Crippen MR) is 115 cm³/mol. The average molecular weight is 415 g/mol. The number of rotatable bonds is 5. The molecule has 0 aliphatic heterocycles. The summed E-state index contributed by atoms with van der Waals surface area (Å²) in [5.74, 6) is 0.911. The Kier molecular flexibility index (Phi) is 4.32. The van der Waals surface area contributed by atoms with Crippen molar-refractivity contribution < 1.29 is 19.7 Å². The highest BCUT2D eigenvalue weighted by molar-refractivity contribution is 5.70. The molecule has 156 valence electrons. The normalized spacial score (nSPS) is 13.9. The van der Waals surface area contributed by atoms with E-state index in [-0.39, 0.29) is 11.5 Å².